The lowest BCUT2D eigenvalue weighted by molar-refractivity contribution is 0.299. The molecule has 2 N–H and O–H groups in total. The molecule has 0 amide bonds. The monoisotopic (exact) mass is 366 g/mol. The molecule has 3 aromatic rings. The molecule has 2 aromatic carbocycles. The van der Waals surface area contributed by atoms with E-state index in [1.807, 2.05) is 24.3 Å². The number of hydrogen-bond donors (Lipinski definition) is 2. The van der Waals surface area contributed by atoms with Crippen LogP contribution in [0.2, 0.25) is 0 Å². The van der Waals surface area contributed by atoms with Crippen LogP contribution < -0.4 is 4.74 Å². The summed E-state index contributed by atoms with van der Waals surface area (Å²) >= 11 is 0. The van der Waals surface area contributed by atoms with E-state index in [0.29, 0.717) is 6.61 Å². The molecule has 0 radical (unpaired) electrons. The fourth-order valence-electron chi connectivity index (χ4n) is 3.23. The maximum absolute atomic E-state index is 9.63. The van der Waals surface area contributed by atoms with Crippen LogP contribution in [0, 0.1) is 0 Å². The predicted molar refractivity (Wildman–Crippen MR) is 104 cm³/mol. The summed E-state index contributed by atoms with van der Waals surface area (Å²) in [6.07, 6.45) is 4.93. The summed E-state index contributed by atoms with van der Waals surface area (Å²) in [5, 5.41) is 24.3. The zero-order valence-electron chi connectivity index (χ0n) is 15.6. The van der Waals surface area contributed by atoms with Crippen molar-refractivity contribution in [3.8, 4) is 11.5 Å². The lowest BCUT2D eigenvalue weighted by Crippen LogP contribution is -2.05. The fraction of sp³-hybridized carbons (Fsp3) is 0.381. The number of benzene rings is 2. The maximum atomic E-state index is 9.63. The van der Waals surface area contributed by atoms with Gasteiger partial charge in [0.15, 0.2) is 5.82 Å². The van der Waals surface area contributed by atoms with E-state index in [2.05, 4.69) is 39.7 Å². The number of tetrazole rings is 1. The number of phenols is 1. The SMILES string of the molecule is CCc1ccc(O)cc1OCCCCCC(c1ccccc1)c1nn[nH]n1. The maximum Gasteiger partial charge on any atom is 0.181 e. The molecule has 1 atom stereocenters. The van der Waals surface area contributed by atoms with Gasteiger partial charge in [-0.25, -0.2) is 0 Å². The lowest BCUT2D eigenvalue weighted by Gasteiger charge is -2.14. The number of nitrogens with one attached hydrogen (secondary N) is 1. The Kier molecular flexibility index (Phi) is 6.79. The van der Waals surface area contributed by atoms with Gasteiger partial charge in [0.2, 0.25) is 0 Å². The summed E-state index contributed by atoms with van der Waals surface area (Å²) in [4.78, 5) is 0. The van der Waals surface area contributed by atoms with Gasteiger partial charge in [0.1, 0.15) is 11.5 Å². The number of ether oxygens (including phenoxy) is 1. The van der Waals surface area contributed by atoms with Crippen LogP contribution in [0.4, 0.5) is 0 Å². The van der Waals surface area contributed by atoms with Gasteiger partial charge in [0.25, 0.3) is 0 Å². The van der Waals surface area contributed by atoms with E-state index in [9.17, 15) is 5.11 Å². The molecule has 1 aromatic heterocycles. The highest BCUT2D eigenvalue weighted by Gasteiger charge is 2.17. The summed E-state index contributed by atoms with van der Waals surface area (Å²) in [7, 11) is 0. The van der Waals surface area contributed by atoms with Crippen LogP contribution in [-0.2, 0) is 6.42 Å². The van der Waals surface area contributed by atoms with Crippen LogP contribution in [-0.4, -0.2) is 32.3 Å². The molecule has 6 nitrogen and oxygen atoms in total. The van der Waals surface area contributed by atoms with E-state index >= 15 is 0 Å². The molecule has 27 heavy (non-hydrogen) atoms. The molecule has 3 rings (SSSR count). The smallest absolute Gasteiger partial charge is 0.181 e. The zero-order chi connectivity index (χ0) is 18.9. The highest BCUT2D eigenvalue weighted by molar-refractivity contribution is 5.40. The number of aromatic nitrogens is 4. The molecule has 142 valence electrons. The van der Waals surface area contributed by atoms with Crippen LogP contribution in [0.25, 0.3) is 0 Å². The molecular formula is C21H26N4O2. The Morgan fingerprint density at radius 3 is 2.67 bits per heavy atom. The fourth-order valence-corrected chi connectivity index (χ4v) is 3.23. The summed E-state index contributed by atoms with van der Waals surface area (Å²) < 4.78 is 5.87. The first-order chi connectivity index (χ1) is 13.3. The minimum absolute atomic E-state index is 0.156. The molecule has 1 unspecified atom stereocenters. The van der Waals surface area contributed by atoms with Gasteiger partial charge in [-0.3, -0.25) is 0 Å². The van der Waals surface area contributed by atoms with Crippen molar-refractivity contribution in [3.05, 3.63) is 65.5 Å². The molecule has 0 saturated heterocycles. The Bertz CT molecular complexity index is 806. The quantitative estimate of drug-likeness (QED) is 0.524. The molecule has 1 heterocycles. The Morgan fingerprint density at radius 1 is 1.07 bits per heavy atom. The van der Waals surface area contributed by atoms with Crippen LogP contribution in [0.1, 0.15) is 55.5 Å². The summed E-state index contributed by atoms with van der Waals surface area (Å²) in [5.74, 6) is 1.92. The molecule has 0 fully saturated rings. The first kappa shape index (κ1) is 18.9. The van der Waals surface area contributed by atoms with Crippen molar-refractivity contribution in [2.75, 3.05) is 6.61 Å². The molecule has 0 aliphatic rings. The Hall–Kier alpha value is -2.89. The second kappa shape index (κ2) is 9.71. The number of phenolic OH excluding ortho intramolecular Hbond substituents is 1. The van der Waals surface area contributed by atoms with Crippen molar-refractivity contribution in [2.45, 2.75) is 44.9 Å². The molecular weight excluding hydrogens is 340 g/mol. The number of aromatic amines is 1. The third-order valence-corrected chi connectivity index (χ3v) is 4.70. The first-order valence-electron chi connectivity index (χ1n) is 9.51. The van der Waals surface area contributed by atoms with Crippen molar-refractivity contribution in [1.82, 2.24) is 20.6 Å². The van der Waals surface area contributed by atoms with Gasteiger partial charge in [-0.15, -0.1) is 10.2 Å². The minimum Gasteiger partial charge on any atom is -0.508 e. The van der Waals surface area contributed by atoms with Gasteiger partial charge >= 0.3 is 0 Å². The van der Waals surface area contributed by atoms with Crippen LogP contribution in [0.3, 0.4) is 0 Å². The van der Waals surface area contributed by atoms with Gasteiger partial charge in [-0.1, -0.05) is 61.4 Å². The number of aryl methyl sites for hydroxylation is 1. The van der Waals surface area contributed by atoms with Gasteiger partial charge in [-0.2, -0.15) is 5.21 Å². The first-order valence-corrected chi connectivity index (χ1v) is 9.51. The largest absolute Gasteiger partial charge is 0.508 e. The van der Waals surface area contributed by atoms with Crippen LogP contribution in [0.15, 0.2) is 48.5 Å². The van der Waals surface area contributed by atoms with Crippen molar-refractivity contribution in [3.63, 3.8) is 0 Å². The van der Waals surface area contributed by atoms with Crippen molar-refractivity contribution < 1.29 is 9.84 Å². The van der Waals surface area contributed by atoms with Crippen molar-refractivity contribution >= 4 is 0 Å². The summed E-state index contributed by atoms with van der Waals surface area (Å²) in [6, 6.07) is 15.6. The normalized spacial score (nSPS) is 12.0. The Balaban J connectivity index is 1.47. The number of rotatable bonds is 10. The van der Waals surface area contributed by atoms with Crippen molar-refractivity contribution in [1.29, 1.82) is 0 Å². The van der Waals surface area contributed by atoms with Gasteiger partial charge in [-0.05, 0) is 36.5 Å². The minimum atomic E-state index is 0.156. The predicted octanol–water partition coefficient (Wildman–Crippen LogP) is 4.24. The summed E-state index contributed by atoms with van der Waals surface area (Å²) in [5.41, 5.74) is 2.33. The van der Waals surface area contributed by atoms with E-state index in [0.717, 1.165) is 49.2 Å². The van der Waals surface area contributed by atoms with E-state index in [-0.39, 0.29) is 11.7 Å². The highest BCUT2D eigenvalue weighted by atomic mass is 16.5. The molecule has 0 saturated carbocycles. The molecule has 0 spiro atoms. The average Bonchev–Trinajstić information content (AvgIpc) is 3.22. The molecule has 0 bridgehead atoms. The van der Waals surface area contributed by atoms with Gasteiger partial charge in [0, 0.05) is 12.0 Å². The molecule has 6 heteroatoms. The topological polar surface area (TPSA) is 83.9 Å². The number of unbranched alkanes of at least 4 members (excludes halogenated alkanes) is 2. The molecule has 0 aliphatic heterocycles. The zero-order valence-corrected chi connectivity index (χ0v) is 15.6. The third-order valence-electron chi connectivity index (χ3n) is 4.70. The van der Waals surface area contributed by atoms with Crippen LogP contribution in [0.5, 0.6) is 11.5 Å². The standard InChI is InChI=1S/C21H26N4O2/c1-2-16-12-13-18(26)15-20(16)27-14-8-4-7-11-19(21-22-24-25-23-21)17-9-5-3-6-10-17/h3,5-6,9-10,12-13,15,19,26H,2,4,7-8,11,14H2,1H3,(H,22,23,24,25). The van der Waals surface area contributed by atoms with Crippen LogP contribution >= 0.6 is 0 Å². The second-order valence-corrected chi connectivity index (χ2v) is 6.58. The van der Waals surface area contributed by atoms with E-state index in [1.54, 1.807) is 12.1 Å². The van der Waals surface area contributed by atoms with E-state index in [4.69, 9.17) is 4.74 Å². The Morgan fingerprint density at radius 2 is 1.93 bits per heavy atom. The lowest BCUT2D eigenvalue weighted by atomic mass is 9.92. The van der Waals surface area contributed by atoms with E-state index < -0.39 is 0 Å². The average molecular weight is 366 g/mol. The van der Waals surface area contributed by atoms with Gasteiger partial charge < -0.3 is 9.84 Å². The third kappa shape index (κ3) is 5.29. The number of aromatic hydroxyl groups is 1. The summed E-state index contributed by atoms with van der Waals surface area (Å²) in [6.45, 7) is 2.73. The second-order valence-electron chi connectivity index (χ2n) is 6.58. The van der Waals surface area contributed by atoms with E-state index in [1.165, 1.54) is 5.56 Å². The number of nitrogens with zero attached hydrogens (tertiary/aromatic N) is 3. The van der Waals surface area contributed by atoms with Crippen molar-refractivity contribution in [2.24, 2.45) is 0 Å². The number of hydrogen-bond acceptors (Lipinski definition) is 5. The Labute approximate surface area is 159 Å². The molecule has 0 aliphatic carbocycles. The number of H-pyrrole nitrogens is 1. The van der Waals surface area contributed by atoms with Gasteiger partial charge in [0.05, 0.1) is 6.61 Å². The highest BCUT2D eigenvalue weighted by Crippen LogP contribution is 2.27.